The second kappa shape index (κ2) is 2.80. The molecule has 0 saturated carbocycles. The first kappa shape index (κ1) is 7.63. The van der Waals surface area contributed by atoms with E-state index >= 15 is 0 Å². The molecule has 0 amide bonds. The van der Waals surface area contributed by atoms with Gasteiger partial charge in [-0.2, -0.15) is 5.26 Å². The zero-order valence-corrected chi connectivity index (χ0v) is 6.86. The van der Waals surface area contributed by atoms with Crippen molar-refractivity contribution in [3.63, 3.8) is 0 Å². The van der Waals surface area contributed by atoms with Crippen LogP contribution in [-0.2, 0) is 0 Å². The first-order valence-corrected chi connectivity index (χ1v) is 3.93. The van der Waals surface area contributed by atoms with Crippen LogP contribution in [0.2, 0.25) is 0 Å². The average Bonchev–Trinajstić information content (AvgIpc) is 2.17. The lowest BCUT2D eigenvalue weighted by Gasteiger charge is -1.99. The minimum atomic E-state index is 0.0428. The third kappa shape index (κ3) is 1.21. The molecule has 0 aliphatic carbocycles. The Labute approximate surface area is 75.7 Å². The zero-order chi connectivity index (χ0) is 9.26. The second-order valence-corrected chi connectivity index (χ2v) is 2.83. The highest BCUT2D eigenvalue weighted by Crippen LogP contribution is 2.23. The fraction of sp³-hybridized carbons (Fsp3) is 0. The van der Waals surface area contributed by atoms with Crippen LogP contribution in [0, 0.1) is 11.3 Å². The van der Waals surface area contributed by atoms with E-state index in [0.29, 0.717) is 5.56 Å². The van der Waals surface area contributed by atoms with Crippen LogP contribution in [0.25, 0.3) is 10.8 Å². The molecule has 13 heavy (non-hydrogen) atoms. The highest BCUT2D eigenvalue weighted by atomic mass is 16.3. The Morgan fingerprint density at radius 3 is 2.31 bits per heavy atom. The molecule has 1 N–H and O–H groups in total. The molecule has 2 aromatic carbocycles. The van der Waals surface area contributed by atoms with Crippen LogP contribution in [0.1, 0.15) is 5.56 Å². The molecule has 0 aromatic heterocycles. The van der Waals surface area contributed by atoms with Gasteiger partial charge >= 0.3 is 0 Å². The molecule has 0 saturated heterocycles. The van der Waals surface area contributed by atoms with Crippen molar-refractivity contribution in [3.05, 3.63) is 42.0 Å². The van der Waals surface area contributed by atoms with Crippen molar-refractivity contribution in [1.82, 2.24) is 0 Å². The molecule has 2 heteroatoms. The Balaban J connectivity index is 2.83. The van der Waals surface area contributed by atoms with Crippen LogP contribution in [0.5, 0.6) is 5.75 Å². The van der Waals surface area contributed by atoms with Gasteiger partial charge in [0.05, 0.1) is 5.56 Å². The topological polar surface area (TPSA) is 44.0 Å². The van der Waals surface area contributed by atoms with Crippen LogP contribution >= 0.6 is 0 Å². The number of nitriles is 1. The molecule has 0 spiro atoms. The van der Waals surface area contributed by atoms with Gasteiger partial charge in [0.25, 0.3) is 0 Å². The van der Waals surface area contributed by atoms with Gasteiger partial charge in [-0.1, -0.05) is 24.3 Å². The quantitative estimate of drug-likeness (QED) is 0.658. The minimum absolute atomic E-state index is 0.0428. The normalized spacial score (nSPS) is 9.77. The van der Waals surface area contributed by atoms with Gasteiger partial charge in [-0.15, -0.1) is 0 Å². The lowest BCUT2D eigenvalue weighted by Crippen LogP contribution is -1.78. The van der Waals surface area contributed by atoms with E-state index < -0.39 is 0 Å². The van der Waals surface area contributed by atoms with Gasteiger partial charge in [-0.3, -0.25) is 0 Å². The zero-order valence-electron chi connectivity index (χ0n) is 6.86. The summed E-state index contributed by atoms with van der Waals surface area (Å²) < 4.78 is 0. The first-order valence-electron chi connectivity index (χ1n) is 3.93. The van der Waals surface area contributed by atoms with Gasteiger partial charge in [0.2, 0.25) is 0 Å². The number of phenolic OH excluding ortho intramolecular Hbond substituents is 1. The molecule has 62 valence electrons. The molecule has 2 rings (SSSR count). The third-order valence-electron chi connectivity index (χ3n) is 1.98. The second-order valence-electron chi connectivity index (χ2n) is 2.83. The van der Waals surface area contributed by atoms with Gasteiger partial charge in [0, 0.05) is 0 Å². The Kier molecular flexibility index (Phi) is 1.64. The molecule has 0 heterocycles. The standard InChI is InChI=1S/C11H7NO/c12-7-10-5-8-3-1-2-4-9(8)6-11(10)13/h1-6,13H. The van der Waals surface area contributed by atoms with Crippen molar-refractivity contribution < 1.29 is 5.11 Å². The monoisotopic (exact) mass is 169 g/mol. The first-order chi connectivity index (χ1) is 6.31. The van der Waals surface area contributed by atoms with Crippen LogP contribution in [0.3, 0.4) is 0 Å². The maximum Gasteiger partial charge on any atom is 0.133 e. The van der Waals surface area contributed by atoms with E-state index in [1.165, 1.54) is 0 Å². The Hall–Kier alpha value is -2.01. The fourth-order valence-corrected chi connectivity index (χ4v) is 1.32. The molecule has 0 aliphatic rings. The molecule has 2 aromatic rings. The van der Waals surface area contributed by atoms with Crippen molar-refractivity contribution in [2.24, 2.45) is 0 Å². The van der Waals surface area contributed by atoms with Crippen LogP contribution < -0.4 is 0 Å². The van der Waals surface area contributed by atoms with E-state index in [-0.39, 0.29) is 5.75 Å². The van der Waals surface area contributed by atoms with E-state index in [0.717, 1.165) is 10.8 Å². The van der Waals surface area contributed by atoms with Crippen LogP contribution in [-0.4, -0.2) is 5.11 Å². The fourth-order valence-electron chi connectivity index (χ4n) is 1.32. The predicted octanol–water partition coefficient (Wildman–Crippen LogP) is 2.42. The predicted molar refractivity (Wildman–Crippen MR) is 50.3 cm³/mol. The van der Waals surface area contributed by atoms with Crippen molar-refractivity contribution in [2.45, 2.75) is 0 Å². The lowest BCUT2D eigenvalue weighted by atomic mass is 10.1. The van der Waals surface area contributed by atoms with Crippen molar-refractivity contribution in [1.29, 1.82) is 5.26 Å². The summed E-state index contributed by atoms with van der Waals surface area (Å²) in [6, 6.07) is 12.8. The molecule has 0 unspecified atom stereocenters. The Bertz CT molecular complexity index is 497. The summed E-state index contributed by atoms with van der Waals surface area (Å²) >= 11 is 0. The van der Waals surface area contributed by atoms with E-state index in [2.05, 4.69) is 0 Å². The highest BCUT2D eigenvalue weighted by Gasteiger charge is 2.01. The van der Waals surface area contributed by atoms with Crippen LogP contribution in [0.15, 0.2) is 36.4 Å². The maximum atomic E-state index is 9.39. The minimum Gasteiger partial charge on any atom is -0.507 e. The van der Waals surface area contributed by atoms with E-state index in [1.54, 1.807) is 12.1 Å². The highest BCUT2D eigenvalue weighted by molar-refractivity contribution is 5.85. The molecule has 0 atom stereocenters. The number of nitrogens with zero attached hydrogens (tertiary/aromatic N) is 1. The number of phenols is 1. The summed E-state index contributed by atoms with van der Waals surface area (Å²) in [7, 11) is 0. The molecule has 0 fully saturated rings. The molecular weight excluding hydrogens is 162 g/mol. The largest absolute Gasteiger partial charge is 0.507 e. The van der Waals surface area contributed by atoms with Gasteiger partial charge < -0.3 is 5.11 Å². The number of hydrogen-bond acceptors (Lipinski definition) is 2. The van der Waals surface area contributed by atoms with Crippen molar-refractivity contribution in [2.75, 3.05) is 0 Å². The number of benzene rings is 2. The number of hydrogen-bond donors (Lipinski definition) is 1. The van der Waals surface area contributed by atoms with E-state index in [9.17, 15) is 5.11 Å². The van der Waals surface area contributed by atoms with Gasteiger partial charge in [0.15, 0.2) is 0 Å². The summed E-state index contributed by atoms with van der Waals surface area (Å²) in [5.41, 5.74) is 0.318. The SMILES string of the molecule is N#Cc1cc2ccccc2cc1O. The van der Waals surface area contributed by atoms with Gasteiger partial charge in [-0.25, -0.2) is 0 Å². The van der Waals surface area contributed by atoms with E-state index in [1.807, 2.05) is 30.3 Å². The third-order valence-corrected chi connectivity index (χ3v) is 1.98. The molecular formula is C11H7NO. The summed E-state index contributed by atoms with van der Waals surface area (Å²) in [5, 5.41) is 20.0. The summed E-state index contributed by atoms with van der Waals surface area (Å²) in [5.74, 6) is 0.0428. The van der Waals surface area contributed by atoms with Crippen molar-refractivity contribution in [3.8, 4) is 11.8 Å². The number of fused-ring (bicyclic) bond motifs is 1. The van der Waals surface area contributed by atoms with Gasteiger partial charge in [0.1, 0.15) is 11.8 Å². The van der Waals surface area contributed by atoms with E-state index in [4.69, 9.17) is 5.26 Å². The number of aromatic hydroxyl groups is 1. The molecule has 0 aliphatic heterocycles. The Morgan fingerprint density at radius 1 is 1.08 bits per heavy atom. The Morgan fingerprint density at radius 2 is 1.69 bits per heavy atom. The molecule has 0 radical (unpaired) electrons. The molecule has 0 bridgehead atoms. The summed E-state index contributed by atoms with van der Waals surface area (Å²) in [4.78, 5) is 0. The average molecular weight is 169 g/mol. The molecule has 2 nitrogen and oxygen atoms in total. The number of rotatable bonds is 0. The lowest BCUT2D eigenvalue weighted by molar-refractivity contribution is 0.474. The summed E-state index contributed by atoms with van der Waals surface area (Å²) in [6.45, 7) is 0. The van der Waals surface area contributed by atoms with Crippen molar-refractivity contribution >= 4 is 10.8 Å². The van der Waals surface area contributed by atoms with Crippen LogP contribution in [0.4, 0.5) is 0 Å². The van der Waals surface area contributed by atoms with Gasteiger partial charge in [-0.05, 0) is 22.9 Å². The summed E-state index contributed by atoms with van der Waals surface area (Å²) in [6.07, 6.45) is 0. The maximum absolute atomic E-state index is 9.39. The smallest absolute Gasteiger partial charge is 0.133 e.